The Kier molecular flexibility index (Phi) is 6.07. The minimum atomic E-state index is -0.0866. The molecule has 1 aromatic carbocycles. The molecule has 1 unspecified atom stereocenters. The largest absolute Gasteiger partial charge is 0.492 e. The lowest BCUT2D eigenvalue weighted by molar-refractivity contribution is 0.342. The molecule has 0 saturated carbocycles. The van der Waals surface area contributed by atoms with Gasteiger partial charge in [-0.2, -0.15) is 0 Å². The number of rotatable bonds is 7. The van der Waals surface area contributed by atoms with Crippen LogP contribution in [-0.4, -0.2) is 26.8 Å². The van der Waals surface area contributed by atoms with E-state index in [1.807, 2.05) is 52.0 Å². The van der Waals surface area contributed by atoms with Crippen LogP contribution in [0.2, 0.25) is 0 Å². The zero-order valence-corrected chi connectivity index (χ0v) is 19.4. The smallest absolute Gasteiger partial charge is 0.259 e. The quantitative estimate of drug-likeness (QED) is 0.355. The monoisotopic (exact) mass is 459 g/mol. The highest BCUT2D eigenvalue weighted by Gasteiger charge is 2.18. The SMILES string of the molecule is CCOc1ccccc1Nc1nnc(SC(C)c2nc3sc(C)c(C)c3c(=O)[nH]2)s1. The van der Waals surface area contributed by atoms with E-state index in [9.17, 15) is 4.79 Å². The normalized spacial score (nSPS) is 12.3. The van der Waals surface area contributed by atoms with Gasteiger partial charge in [0, 0.05) is 4.88 Å². The molecule has 10 heteroatoms. The minimum absolute atomic E-state index is 0.0682. The van der Waals surface area contributed by atoms with Gasteiger partial charge < -0.3 is 15.0 Å². The summed E-state index contributed by atoms with van der Waals surface area (Å²) in [7, 11) is 0. The van der Waals surface area contributed by atoms with Gasteiger partial charge in [-0.25, -0.2) is 4.98 Å². The van der Waals surface area contributed by atoms with Gasteiger partial charge in [0.25, 0.3) is 5.56 Å². The number of benzene rings is 1. The van der Waals surface area contributed by atoms with Crippen LogP contribution < -0.4 is 15.6 Å². The molecule has 4 rings (SSSR count). The van der Waals surface area contributed by atoms with Crippen molar-refractivity contribution in [3.8, 4) is 5.75 Å². The van der Waals surface area contributed by atoms with E-state index in [4.69, 9.17) is 4.74 Å². The molecule has 0 aliphatic heterocycles. The minimum Gasteiger partial charge on any atom is -0.492 e. The Morgan fingerprint density at radius 3 is 2.83 bits per heavy atom. The third kappa shape index (κ3) is 4.21. The van der Waals surface area contributed by atoms with Gasteiger partial charge in [-0.1, -0.05) is 35.2 Å². The Balaban J connectivity index is 1.51. The first kappa shape index (κ1) is 20.8. The lowest BCUT2D eigenvalue weighted by Gasteiger charge is -2.09. The molecule has 0 aliphatic carbocycles. The van der Waals surface area contributed by atoms with Crippen molar-refractivity contribution in [3.63, 3.8) is 0 Å². The second-order valence-corrected chi connectivity index (χ2v) is 10.4. The first-order valence-electron chi connectivity index (χ1n) is 9.45. The molecule has 7 nitrogen and oxygen atoms in total. The van der Waals surface area contributed by atoms with E-state index >= 15 is 0 Å². The second-order valence-electron chi connectivity index (χ2n) is 6.60. The maximum Gasteiger partial charge on any atom is 0.259 e. The van der Waals surface area contributed by atoms with Crippen LogP contribution in [-0.2, 0) is 0 Å². The third-order valence-electron chi connectivity index (χ3n) is 4.56. The maximum absolute atomic E-state index is 12.5. The van der Waals surface area contributed by atoms with Crippen molar-refractivity contribution in [2.75, 3.05) is 11.9 Å². The first-order valence-corrected chi connectivity index (χ1v) is 12.0. The van der Waals surface area contributed by atoms with E-state index in [1.165, 1.54) is 23.1 Å². The van der Waals surface area contributed by atoms with Crippen LogP contribution in [0.1, 0.15) is 35.4 Å². The molecule has 3 aromatic heterocycles. The van der Waals surface area contributed by atoms with Crippen molar-refractivity contribution in [1.29, 1.82) is 0 Å². The van der Waals surface area contributed by atoms with Gasteiger partial charge in [0.2, 0.25) is 5.13 Å². The van der Waals surface area contributed by atoms with E-state index in [1.54, 1.807) is 11.3 Å². The van der Waals surface area contributed by atoms with Gasteiger partial charge in [0.05, 0.1) is 22.9 Å². The molecule has 0 fully saturated rings. The predicted molar refractivity (Wildman–Crippen MR) is 125 cm³/mol. The van der Waals surface area contributed by atoms with Gasteiger partial charge in [-0.15, -0.1) is 21.5 Å². The van der Waals surface area contributed by atoms with Crippen LogP contribution in [0.3, 0.4) is 0 Å². The zero-order chi connectivity index (χ0) is 21.3. The number of hydrogen-bond acceptors (Lipinski definition) is 9. The van der Waals surface area contributed by atoms with Crippen LogP contribution >= 0.6 is 34.4 Å². The van der Waals surface area contributed by atoms with Crippen LogP contribution in [0.5, 0.6) is 5.75 Å². The summed E-state index contributed by atoms with van der Waals surface area (Å²) in [6, 6.07) is 7.73. The van der Waals surface area contributed by atoms with Crippen LogP contribution in [0.25, 0.3) is 10.2 Å². The van der Waals surface area contributed by atoms with E-state index in [0.717, 1.165) is 31.0 Å². The zero-order valence-electron chi connectivity index (χ0n) is 17.0. The number of nitrogens with one attached hydrogen (secondary N) is 2. The fourth-order valence-corrected chi connectivity index (χ4v) is 5.95. The Morgan fingerprint density at radius 1 is 1.23 bits per heavy atom. The highest BCUT2D eigenvalue weighted by Crippen LogP contribution is 2.38. The van der Waals surface area contributed by atoms with Gasteiger partial charge in [-0.3, -0.25) is 4.79 Å². The highest BCUT2D eigenvalue weighted by atomic mass is 32.2. The Hall–Kier alpha value is -2.43. The first-order chi connectivity index (χ1) is 14.5. The summed E-state index contributed by atoms with van der Waals surface area (Å²) in [6.07, 6.45) is 0. The number of H-pyrrole nitrogens is 1. The predicted octanol–water partition coefficient (Wildman–Crippen LogP) is 5.45. The molecular weight excluding hydrogens is 438 g/mol. The molecule has 2 N–H and O–H groups in total. The number of hydrogen-bond donors (Lipinski definition) is 2. The topological polar surface area (TPSA) is 92.8 Å². The highest BCUT2D eigenvalue weighted by molar-refractivity contribution is 8.01. The molecule has 1 atom stereocenters. The summed E-state index contributed by atoms with van der Waals surface area (Å²) in [5, 5.41) is 13.1. The standard InChI is InChI=1S/C20H21N5O2S3/c1-5-27-14-9-7-6-8-13(14)21-19-24-25-20(30-19)29-12(4)16-22-17(26)15-10(2)11(3)28-18(15)23-16/h6-9,12H,5H2,1-4H3,(H,21,24)(H,22,23,26). The van der Waals surface area contributed by atoms with E-state index in [-0.39, 0.29) is 10.8 Å². The molecular formula is C20H21N5O2S3. The number of fused-ring (bicyclic) bond motifs is 1. The van der Waals surface area contributed by atoms with E-state index < -0.39 is 0 Å². The molecule has 156 valence electrons. The van der Waals surface area contributed by atoms with Crippen LogP contribution in [0.4, 0.5) is 10.8 Å². The van der Waals surface area contributed by atoms with Gasteiger partial charge >= 0.3 is 0 Å². The average Bonchev–Trinajstić information content (AvgIpc) is 3.27. The van der Waals surface area contributed by atoms with Crippen molar-refractivity contribution in [2.45, 2.75) is 37.3 Å². The average molecular weight is 460 g/mol. The summed E-state index contributed by atoms with van der Waals surface area (Å²) >= 11 is 4.52. The van der Waals surface area contributed by atoms with Crippen molar-refractivity contribution >= 4 is 55.5 Å². The van der Waals surface area contributed by atoms with Crippen molar-refractivity contribution < 1.29 is 4.74 Å². The molecule has 0 amide bonds. The van der Waals surface area contributed by atoms with Gasteiger partial charge in [-0.05, 0) is 45.4 Å². The van der Waals surface area contributed by atoms with E-state index in [2.05, 4.69) is 25.5 Å². The summed E-state index contributed by atoms with van der Waals surface area (Å²) < 4.78 is 6.43. The number of nitrogens with zero attached hydrogens (tertiary/aromatic N) is 3. The van der Waals surface area contributed by atoms with Gasteiger partial charge in [0.15, 0.2) is 4.34 Å². The van der Waals surface area contributed by atoms with Crippen molar-refractivity contribution in [2.24, 2.45) is 0 Å². The number of aryl methyl sites for hydroxylation is 2. The van der Waals surface area contributed by atoms with Crippen molar-refractivity contribution in [3.05, 3.63) is 50.9 Å². The molecule has 0 aliphatic rings. The number of para-hydroxylation sites is 2. The van der Waals surface area contributed by atoms with Crippen LogP contribution in [0.15, 0.2) is 33.4 Å². The van der Waals surface area contributed by atoms with Gasteiger partial charge in [0.1, 0.15) is 16.4 Å². The molecule has 0 spiro atoms. The van der Waals surface area contributed by atoms with E-state index in [0.29, 0.717) is 22.9 Å². The third-order valence-corrected chi connectivity index (χ3v) is 7.69. The number of ether oxygens (including phenoxy) is 1. The van der Waals surface area contributed by atoms with Crippen LogP contribution in [0, 0.1) is 13.8 Å². The fraction of sp³-hybridized carbons (Fsp3) is 0.300. The molecule has 4 aromatic rings. The number of anilines is 2. The molecule has 0 radical (unpaired) electrons. The lowest BCUT2D eigenvalue weighted by Crippen LogP contribution is -2.12. The van der Waals surface area contributed by atoms with Crippen molar-refractivity contribution in [1.82, 2.24) is 20.2 Å². The molecule has 0 saturated heterocycles. The Bertz CT molecular complexity index is 1250. The molecule has 0 bridgehead atoms. The summed E-state index contributed by atoms with van der Waals surface area (Å²) in [6.45, 7) is 8.51. The number of thiophene rings is 1. The summed E-state index contributed by atoms with van der Waals surface area (Å²) in [4.78, 5) is 22.1. The molecule has 3 heterocycles. The number of aromatic amines is 1. The summed E-state index contributed by atoms with van der Waals surface area (Å²) in [5.41, 5.74) is 1.76. The second kappa shape index (κ2) is 8.75. The molecule has 30 heavy (non-hydrogen) atoms. The lowest BCUT2D eigenvalue weighted by atomic mass is 10.2. The number of thioether (sulfide) groups is 1. The number of aromatic nitrogens is 4. The Morgan fingerprint density at radius 2 is 2.03 bits per heavy atom. The summed E-state index contributed by atoms with van der Waals surface area (Å²) in [5.74, 6) is 1.42. The fourth-order valence-electron chi connectivity index (χ4n) is 2.95. The Labute approximate surface area is 185 Å². The maximum atomic E-state index is 12.5.